The zero-order chi connectivity index (χ0) is 14.5. The first-order chi connectivity index (χ1) is 9.40. The summed E-state index contributed by atoms with van der Waals surface area (Å²) in [6.45, 7) is 9.76. The molecular formula is C17H26N2O. The number of hydrogen-bond donors (Lipinski definition) is 1. The summed E-state index contributed by atoms with van der Waals surface area (Å²) >= 11 is 0. The van der Waals surface area contributed by atoms with Crippen LogP contribution in [0, 0.1) is 23.7 Å². The lowest BCUT2D eigenvalue weighted by atomic mass is 9.70. The molecule has 3 nitrogen and oxygen atoms in total. The number of nitrogens with zero attached hydrogens (tertiary/aromatic N) is 1. The number of nitrogens with two attached hydrogens (primary N) is 1. The molecule has 2 bridgehead atoms. The molecule has 0 amide bonds. The van der Waals surface area contributed by atoms with Gasteiger partial charge < -0.3 is 10.5 Å². The molecule has 1 aromatic heterocycles. The Balaban J connectivity index is 1.89. The molecule has 3 atom stereocenters. The van der Waals surface area contributed by atoms with Crippen molar-refractivity contribution in [2.45, 2.75) is 59.6 Å². The summed E-state index contributed by atoms with van der Waals surface area (Å²) in [5.74, 6) is 1.53. The van der Waals surface area contributed by atoms with Crippen LogP contribution in [-0.2, 0) is 6.54 Å². The number of fused-ring (bicyclic) bond motifs is 2. The fourth-order valence-electron chi connectivity index (χ4n) is 4.36. The van der Waals surface area contributed by atoms with Crippen molar-refractivity contribution in [3.05, 3.63) is 23.4 Å². The lowest BCUT2D eigenvalue weighted by molar-refractivity contribution is 0.0266. The van der Waals surface area contributed by atoms with Gasteiger partial charge in [0.25, 0.3) is 0 Å². The molecule has 0 saturated heterocycles. The van der Waals surface area contributed by atoms with Crippen LogP contribution < -0.4 is 10.5 Å². The summed E-state index contributed by atoms with van der Waals surface area (Å²) < 4.78 is 6.36. The third kappa shape index (κ3) is 1.72. The number of ether oxygens (including phenoxy) is 1. The first kappa shape index (κ1) is 13.9. The van der Waals surface area contributed by atoms with E-state index in [1.54, 1.807) is 0 Å². The molecule has 2 aliphatic rings. The van der Waals surface area contributed by atoms with Gasteiger partial charge in [-0.2, -0.15) is 0 Å². The first-order valence-electron chi connectivity index (χ1n) is 7.71. The van der Waals surface area contributed by atoms with Gasteiger partial charge in [-0.25, -0.2) is 4.98 Å². The molecule has 0 radical (unpaired) electrons. The van der Waals surface area contributed by atoms with Gasteiger partial charge in [-0.15, -0.1) is 0 Å². The molecule has 0 spiro atoms. The van der Waals surface area contributed by atoms with Gasteiger partial charge in [-0.1, -0.05) is 20.8 Å². The van der Waals surface area contributed by atoms with Crippen LogP contribution in [0.5, 0.6) is 5.88 Å². The molecule has 2 N–H and O–H groups in total. The van der Waals surface area contributed by atoms with Gasteiger partial charge in [-0.3, -0.25) is 0 Å². The summed E-state index contributed by atoms with van der Waals surface area (Å²) in [7, 11) is 0. The van der Waals surface area contributed by atoms with Crippen molar-refractivity contribution >= 4 is 0 Å². The molecule has 3 heteroatoms. The van der Waals surface area contributed by atoms with Gasteiger partial charge in [0.1, 0.15) is 6.10 Å². The quantitative estimate of drug-likeness (QED) is 0.918. The molecule has 3 unspecified atom stereocenters. The Morgan fingerprint density at radius 1 is 1.40 bits per heavy atom. The van der Waals surface area contributed by atoms with Crippen LogP contribution in [0.25, 0.3) is 0 Å². The maximum absolute atomic E-state index is 6.36. The molecule has 0 aromatic carbocycles. The van der Waals surface area contributed by atoms with E-state index in [9.17, 15) is 0 Å². The topological polar surface area (TPSA) is 48.1 Å². The Bertz CT molecular complexity index is 526. The minimum absolute atomic E-state index is 0.259. The van der Waals surface area contributed by atoms with Gasteiger partial charge in [0.2, 0.25) is 5.88 Å². The van der Waals surface area contributed by atoms with Gasteiger partial charge in [0, 0.05) is 23.7 Å². The summed E-state index contributed by atoms with van der Waals surface area (Å²) in [4.78, 5) is 4.43. The summed E-state index contributed by atoms with van der Waals surface area (Å²) in [6.07, 6.45) is 5.86. The Hall–Kier alpha value is -1.09. The fraction of sp³-hybridized carbons (Fsp3) is 0.706. The lowest BCUT2D eigenvalue weighted by Gasteiger charge is -2.38. The Morgan fingerprint density at radius 2 is 2.15 bits per heavy atom. The van der Waals surface area contributed by atoms with Crippen molar-refractivity contribution in [2.24, 2.45) is 22.5 Å². The van der Waals surface area contributed by atoms with Crippen LogP contribution in [-0.4, -0.2) is 11.1 Å². The highest BCUT2D eigenvalue weighted by molar-refractivity contribution is 5.33. The Morgan fingerprint density at radius 3 is 2.70 bits per heavy atom. The van der Waals surface area contributed by atoms with Gasteiger partial charge >= 0.3 is 0 Å². The van der Waals surface area contributed by atoms with E-state index in [1.165, 1.54) is 18.4 Å². The summed E-state index contributed by atoms with van der Waals surface area (Å²) in [6, 6.07) is 2.00. The lowest BCUT2D eigenvalue weighted by Crippen LogP contribution is -2.39. The highest BCUT2D eigenvalue weighted by Gasteiger charge is 2.62. The second-order valence-electron chi connectivity index (χ2n) is 7.33. The second kappa shape index (κ2) is 4.45. The van der Waals surface area contributed by atoms with Crippen molar-refractivity contribution in [1.82, 2.24) is 4.98 Å². The van der Waals surface area contributed by atoms with E-state index in [4.69, 9.17) is 10.5 Å². The van der Waals surface area contributed by atoms with E-state index in [1.807, 2.05) is 12.3 Å². The molecule has 1 aromatic rings. The van der Waals surface area contributed by atoms with Crippen molar-refractivity contribution < 1.29 is 4.74 Å². The number of aromatic nitrogens is 1. The monoisotopic (exact) mass is 274 g/mol. The van der Waals surface area contributed by atoms with Crippen LogP contribution in [0.15, 0.2) is 12.3 Å². The van der Waals surface area contributed by atoms with E-state index in [2.05, 4.69) is 32.7 Å². The minimum atomic E-state index is 0.259. The smallest absolute Gasteiger partial charge is 0.218 e. The van der Waals surface area contributed by atoms with Gasteiger partial charge in [0.05, 0.1) is 0 Å². The van der Waals surface area contributed by atoms with E-state index >= 15 is 0 Å². The number of pyridine rings is 1. The number of aryl methyl sites for hydroxylation is 1. The van der Waals surface area contributed by atoms with Crippen LogP contribution in [0.2, 0.25) is 0 Å². The average Bonchev–Trinajstić information content (AvgIpc) is 2.72. The van der Waals surface area contributed by atoms with E-state index in [0.29, 0.717) is 12.0 Å². The third-order valence-electron chi connectivity index (χ3n) is 6.42. The van der Waals surface area contributed by atoms with Crippen LogP contribution in [0.4, 0.5) is 0 Å². The third-order valence-corrected chi connectivity index (χ3v) is 6.42. The second-order valence-corrected chi connectivity index (χ2v) is 7.33. The van der Waals surface area contributed by atoms with E-state index in [0.717, 1.165) is 23.8 Å². The Labute approximate surface area is 121 Å². The zero-order valence-corrected chi connectivity index (χ0v) is 13.1. The average molecular weight is 274 g/mol. The van der Waals surface area contributed by atoms with Crippen molar-refractivity contribution in [3.8, 4) is 5.88 Å². The SMILES string of the molecule is Cc1ccnc(OC2CC3CCC2(C)C3(C)C)c1CN. The van der Waals surface area contributed by atoms with Crippen molar-refractivity contribution in [1.29, 1.82) is 0 Å². The molecule has 2 aliphatic carbocycles. The van der Waals surface area contributed by atoms with Gasteiger partial charge in [-0.05, 0) is 49.1 Å². The van der Waals surface area contributed by atoms with Crippen molar-refractivity contribution in [2.75, 3.05) is 0 Å². The van der Waals surface area contributed by atoms with E-state index < -0.39 is 0 Å². The molecule has 3 rings (SSSR count). The minimum Gasteiger partial charge on any atom is -0.473 e. The zero-order valence-electron chi connectivity index (χ0n) is 13.1. The first-order valence-corrected chi connectivity index (χ1v) is 7.71. The van der Waals surface area contributed by atoms with Crippen LogP contribution in [0.1, 0.15) is 51.2 Å². The molecular weight excluding hydrogens is 248 g/mol. The van der Waals surface area contributed by atoms with Crippen LogP contribution in [0.3, 0.4) is 0 Å². The summed E-state index contributed by atoms with van der Waals surface area (Å²) in [5.41, 5.74) is 8.72. The predicted octanol–water partition coefficient (Wildman–Crippen LogP) is 3.44. The normalized spacial score (nSPS) is 34.5. The maximum Gasteiger partial charge on any atom is 0.218 e. The highest BCUT2D eigenvalue weighted by atomic mass is 16.5. The van der Waals surface area contributed by atoms with Crippen LogP contribution >= 0.6 is 0 Å². The predicted molar refractivity (Wildman–Crippen MR) is 80.5 cm³/mol. The molecule has 0 aliphatic heterocycles. The Kier molecular flexibility index (Phi) is 3.09. The molecule has 20 heavy (non-hydrogen) atoms. The molecule has 2 fully saturated rings. The largest absolute Gasteiger partial charge is 0.473 e. The standard InChI is InChI=1S/C17H26N2O/c1-11-6-8-19-15(13(11)10-18)20-14-9-12-5-7-17(14,4)16(12,2)3/h6,8,12,14H,5,7,9-10,18H2,1-4H3. The molecule has 2 saturated carbocycles. The molecule has 1 heterocycles. The molecule has 110 valence electrons. The number of hydrogen-bond acceptors (Lipinski definition) is 3. The van der Waals surface area contributed by atoms with Crippen molar-refractivity contribution in [3.63, 3.8) is 0 Å². The maximum atomic E-state index is 6.36. The van der Waals surface area contributed by atoms with E-state index in [-0.39, 0.29) is 11.5 Å². The summed E-state index contributed by atoms with van der Waals surface area (Å²) in [5, 5.41) is 0. The number of rotatable bonds is 3. The fourth-order valence-corrected chi connectivity index (χ4v) is 4.36. The highest BCUT2D eigenvalue weighted by Crippen LogP contribution is 2.66. The van der Waals surface area contributed by atoms with Gasteiger partial charge in [0.15, 0.2) is 0 Å².